The van der Waals surface area contributed by atoms with Crippen LogP contribution in [0.4, 0.5) is 0 Å². The fraction of sp³-hybridized carbons (Fsp3) is 0.286. The molecule has 0 atom stereocenters. The first-order valence-electron chi connectivity index (χ1n) is 5.93. The number of nitrogens with zero attached hydrogens (tertiary/aromatic N) is 3. The Balaban J connectivity index is 2.61. The summed E-state index contributed by atoms with van der Waals surface area (Å²) in [6.45, 7) is 6.58. The first kappa shape index (κ1) is 13.2. The summed E-state index contributed by atoms with van der Waals surface area (Å²) in [7, 11) is 0.162. The van der Waals surface area contributed by atoms with Gasteiger partial charge in [0.15, 0.2) is 0 Å². The normalized spacial score (nSPS) is 10.7. The van der Waals surface area contributed by atoms with E-state index in [1.807, 2.05) is 12.3 Å². The third-order valence-corrected chi connectivity index (χ3v) is 3.37. The fourth-order valence-electron chi connectivity index (χ4n) is 1.65. The van der Waals surface area contributed by atoms with Crippen molar-refractivity contribution in [2.45, 2.75) is 19.6 Å². The molecule has 0 N–H and O–H groups in total. The molecular weight excluding hydrogens is 254 g/mol. The maximum absolute atomic E-state index is 9.04. The summed E-state index contributed by atoms with van der Waals surface area (Å²) in [4.78, 5) is 0. The summed E-state index contributed by atoms with van der Waals surface area (Å²) >= 11 is 0. The number of pyridine rings is 1. The summed E-state index contributed by atoms with van der Waals surface area (Å²) < 4.78 is 6.98. The molecule has 96 valence electrons. The van der Waals surface area contributed by atoms with Gasteiger partial charge in [0, 0.05) is 11.8 Å². The predicted molar refractivity (Wildman–Crippen MR) is 76.7 cm³/mol. The number of hydrogen-bond donors (Lipinski definition) is 0. The van der Waals surface area contributed by atoms with Gasteiger partial charge in [-0.1, -0.05) is 25.6 Å². The summed E-state index contributed by atoms with van der Waals surface area (Å²) in [5, 5.41) is 13.2. The zero-order valence-corrected chi connectivity index (χ0v) is 12.5. The van der Waals surface area contributed by atoms with Crippen LogP contribution in [-0.2, 0) is 0 Å². The Labute approximate surface area is 113 Å². The fourth-order valence-corrected chi connectivity index (χ4v) is 2.17. The van der Waals surface area contributed by atoms with E-state index in [0.29, 0.717) is 16.8 Å². The van der Waals surface area contributed by atoms with E-state index in [1.165, 1.54) is 6.20 Å². The number of fused-ring (bicyclic) bond motifs is 1. The lowest BCUT2D eigenvalue weighted by atomic mass is 10.2. The molecule has 0 bridgehead atoms. The zero-order valence-electron chi connectivity index (χ0n) is 11.5. The molecule has 2 heterocycles. The number of nitriles is 1. The highest BCUT2D eigenvalue weighted by Crippen LogP contribution is 2.24. The highest BCUT2D eigenvalue weighted by Gasteiger charge is 2.11. The van der Waals surface area contributed by atoms with Crippen molar-refractivity contribution < 1.29 is 4.74 Å². The predicted octanol–water partition coefficient (Wildman–Crippen LogP) is 2.44. The van der Waals surface area contributed by atoms with Gasteiger partial charge in [0.05, 0.1) is 13.3 Å². The molecule has 0 saturated carbocycles. The molecule has 0 aliphatic carbocycles. The maximum Gasteiger partial charge on any atom is 0.147 e. The van der Waals surface area contributed by atoms with Crippen molar-refractivity contribution in [3.63, 3.8) is 0 Å². The molecule has 2 rings (SSSR count). The van der Waals surface area contributed by atoms with E-state index >= 15 is 0 Å². The molecule has 0 aliphatic heterocycles. The van der Waals surface area contributed by atoms with E-state index in [9.17, 15) is 0 Å². The molecule has 0 aromatic carbocycles. The van der Waals surface area contributed by atoms with Crippen LogP contribution in [0, 0.1) is 22.8 Å². The van der Waals surface area contributed by atoms with Gasteiger partial charge in [-0.25, -0.2) is 4.52 Å². The van der Waals surface area contributed by atoms with Crippen LogP contribution in [0.25, 0.3) is 5.52 Å². The molecule has 2 aromatic heterocycles. The molecule has 19 heavy (non-hydrogen) atoms. The molecule has 0 saturated heterocycles. The van der Waals surface area contributed by atoms with Gasteiger partial charge in [-0.3, -0.25) is 0 Å². The highest BCUT2D eigenvalue weighted by molar-refractivity contribution is 6.83. The summed E-state index contributed by atoms with van der Waals surface area (Å²) in [5.74, 6) is 3.79. The summed E-state index contributed by atoms with van der Waals surface area (Å²) in [6.07, 6.45) is 3.36. The van der Waals surface area contributed by atoms with Gasteiger partial charge in [-0.15, -0.1) is 5.54 Å². The van der Waals surface area contributed by atoms with Crippen molar-refractivity contribution in [1.29, 1.82) is 5.26 Å². The second-order valence-electron chi connectivity index (χ2n) is 5.26. The van der Waals surface area contributed by atoms with Gasteiger partial charge in [-0.2, -0.15) is 10.4 Å². The van der Waals surface area contributed by atoms with Crippen LogP contribution in [-0.4, -0.2) is 24.8 Å². The number of methoxy groups -OCH3 is 1. The Bertz CT molecular complexity index is 723. The van der Waals surface area contributed by atoms with E-state index in [-0.39, 0.29) is 0 Å². The lowest BCUT2D eigenvalue weighted by molar-refractivity contribution is 0.417. The van der Waals surface area contributed by atoms with Crippen molar-refractivity contribution in [2.75, 3.05) is 7.11 Å². The van der Waals surface area contributed by atoms with Gasteiger partial charge in [0.25, 0.3) is 0 Å². The van der Waals surface area contributed by atoms with Crippen molar-refractivity contribution in [3.05, 3.63) is 29.6 Å². The Kier molecular flexibility index (Phi) is 3.33. The van der Waals surface area contributed by atoms with Crippen LogP contribution in [0.3, 0.4) is 0 Å². The van der Waals surface area contributed by atoms with Crippen LogP contribution >= 0.6 is 0 Å². The highest BCUT2D eigenvalue weighted by atomic mass is 28.3. The molecule has 0 unspecified atom stereocenters. The lowest BCUT2D eigenvalue weighted by Gasteiger charge is -2.06. The van der Waals surface area contributed by atoms with Crippen molar-refractivity contribution in [2.24, 2.45) is 0 Å². The second kappa shape index (κ2) is 4.79. The summed E-state index contributed by atoms with van der Waals surface area (Å²) in [6, 6.07) is 3.96. The van der Waals surface area contributed by atoms with Crippen molar-refractivity contribution >= 4 is 13.6 Å². The monoisotopic (exact) mass is 269 g/mol. The van der Waals surface area contributed by atoms with Crippen molar-refractivity contribution in [3.8, 4) is 23.3 Å². The third kappa shape index (κ3) is 2.78. The van der Waals surface area contributed by atoms with E-state index < -0.39 is 8.07 Å². The molecular formula is C14H15N3OSi. The summed E-state index contributed by atoms with van der Waals surface area (Å²) in [5.41, 5.74) is 5.33. The van der Waals surface area contributed by atoms with Gasteiger partial charge in [0.1, 0.15) is 31.0 Å². The SMILES string of the molecule is COc1cc(C#C[Si](C)(C)C)cn2ncc(C#N)c12. The van der Waals surface area contributed by atoms with E-state index in [4.69, 9.17) is 10.00 Å². The Morgan fingerprint density at radius 1 is 1.37 bits per heavy atom. The number of rotatable bonds is 1. The average molecular weight is 269 g/mol. The van der Waals surface area contributed by atoms with Gasteiger partial charge in [-0.05, 0) is 6.07 Å². The lowest BCUT2D eigenvalue weighted by Crippen LogP contribution is -2.16. The number of ether oxygens (including phenoxy) is 1. The van der Waals surface area contributed by atoms with E-state index in [0.717, 1.165) is 5.56 Å². The molecule has 2 aromatic rings. The van der Waals surface area contributed by atoms with Gasteiger partial charge in [0.2, 0.25) is 0 Å². The van der Waals surface area contributed by atoms with Gasteiger partial charge >= 0.3 is 0 Å². The quantitative estimate of drug-likeness (QED) is 0.590. The van der Waals surface area contributed by atoms with Crippen LogP contribution in [0.1, 0.15) is 11.1 Å². The number of aromatic nitrogens is 2. The molecule has 0 spiro atoms. The van der Waals surface area contributed by atoms with Crippen LogP contribution < -0.4 is 4.74 Å². The van der Waals surface area contributed by atoms with Gasteiger partial charge < -0.3 is 4.74 Å². The van der Waals surface area contributed by atoms with E-state index in [1.54, 1.807) is 11.6 Å². The smallest absolute Gasteiger partial charge is 0.147 e. The minimum atomic E-state index is -1.42. The minimum Gasteiger partial charge on any atom is -0.494 e. The maximum atomic E-state index is 9.04. The Morgan fingerprint density at radius 3 is 2.68 bits per heavy atom. The number of hydrogen-bond acceptors (Lipinski definition) is 3. The molecule has 0 radical (unpaired) electrons. The van der Waals surface area contributed by atoms with Crippen LogP contribution in [0.15, 0.2) is 18.5 Å². The van der Waals surface area contributed by atoms with E-state index in [2.05, 4.69) is 42.3 Å². The minimum absolute atomic E-state index is 0.501. The molecule has 5 heteroatoms. The molecule has 0 fully saturated rings. The molecule has 4 nitrogen and oxygen atoms in total. The first-order chi connectivity index (χ1) is 8.94. The largest absolute Gasteiger partial charge is 0.494 e. The average Bonchev–Trinajstić information content (AvgIpc) is 2.77. The molecule has 0 amide bonds. The molecule has 0 aliphatic rings. The van der Waals surface area contributed by atoms with Crippen LogP contribution in [0.2, 0.25) is 19.6 Å². The van der Waals surface area contributed by atoms with Crippen LogP contribution in [0.5, 0.6) is 5.75 Å². The first-order valence-corrected chi connectivity index (χ1v) is 9.43. The standard InChI is InChI=1S/C14H15N3OSi/c1-18-13-7-11(5-6-19(2,3)4)10-17-14(13)12(8-15)9-16-17/h7,9-10H,1-4H3. The zero-order chi connectivity index (χ0) is 14.0. The second-order valence-corrected chi connectivity index (χ2v) is 10.0. The topological polar surface area (TPSA) is 50.3 Å². The van der Waals surface area contributed by atoms with Crippen molar-refractivity contribution in [1.82, 2.24) is 9.61 Å². The third-order valence-electron chi connectivity index (χ3n) is 2.50. The Morgan fingerprint density at radius 2 is 2.11 bits per heavy atom. The Hall–Kier alpha value is -2.24.